The van der Waals surface area contributed by atoms with Crippen LogP contribution in [-0.2, 0) is 11.3 Å². The van der Waals surface area contributed by atoms with E-state index in [4.69, 9.17) is 9.15 Å². The number of fused-ring (bicyclic) bond motifs is 2. The van der Waals surface area contributed by atoms with E-state index in [1.807, 2.05) is 0 Å². The zero-order valence-electron chi connectivity index (χ0n) is 15.0. The fourth-order valence-corrected chi connectivity index (χ4v) is 2.99. The summed E-state index contributed by atoms with van der Waals surface area (Å²) in [6.45, 7) is 0.213. The molecule has 0 aliphatic rings. The molecule has 0 amide bonds. The SMILES string of the molecule is COC(=O)c1ccc(COc2cc(O)c3c(=O)c4ccccc4oc3c2)cc1. The van der Waals surface area contributed by atoms with E-state index in [0.717, 1.165) is 5.56 Å². The minimum absolute atomic E-state index is 0.119. The van der Waals surface area contributed by atoms with E-state index in [2.05, 4.69) is 4.74 Å². The van der Waals surface area contributed by atoms with Crippen LogP contribution in [0.2, 0.25) is 0 Å². The molecule has 1 heterocycles. The highest BCUT2D eigenvalue weighted by Gasteiger charge is 2.13. The average Bonchev–Trinajstić information content (AvgIpc) is 2.72. The van der Waals surface area contributed by atoms with Gasteiger partial charge in [0, 0.05) is 12.1 Å². The van der Waals surface area contributed by atoms with Crippen LogP contribution in [0.3, 0.4) is 0 Å². The molecule has 0 saturated heterocycles. The molecular formula is C22H16O6. The van der Waals surface area contributed by atoms with Gasteiger partial charge in [0.15, 0.2) is 0 Å². The molecule has 1 N–H and O–H groups in total. The van der Waals surface area contributed by atoms with E-state index >= 15 is 0 Å². The van der Waals surface area contributed by atoms with Crippen molar-refractivity contribution < 1.29 is 23.8 Å². The number of ether oxygens (including phenoxy) is 2. The lowest BCUT2D eigenvalue weighted by atomic mass is 10.1. The molecular weight excluding hydrogens is 360 g/mol. The summed E-state index contributed by atoms with van der Waals surface area (Å²) in [5.41, 5.74) is 1.67. The molecule has 0 fully saturated rings. The second-order valence-electron chi connectivity index (χ2n) is 6.22. The van der Waals surface area contributed by atoms with Gasteiger partial charge in [-0.05, 0) is 29.8 Å². The van der Waals surface area contributed by atoms with Gasteiger partial charge in [0.05, 0.1) is 18.1 Å². The molecule has 0 atom stereocenters. The number of benzene rings is 3. The Labute approximate surface area is 159 Å². The predicted molar refractivity (Wildman–Crippen MR) is 104 cm³/mol. The van der Waals surface area contributed by atoms with E-state index < -0.39 is 5.97 Å². The van der Waals surface area contributed by atoms with Crippen LogP contribution in [0.15, 0.2) is 69.9 Å². The van der Waals surface area contributed by atoms with Crippen molar-refractivity contribution in [1.29, 1.82) is 0 Å². The van der Waals surface area contributed by atoms with Gasteiger partial charge in [-0.2, -0.15) is 0 Å². The van der Waals surface area contributed by atoms with Crippen molar-refractivity contribution in [2.75, 3.05) is 7.11 Å². The largest absolute Gasteiger partial charge is 0.507 e. The van der Waals surface area contributed by atoms with Crippen LogP contribution >= 0.6 is 0 Å². The van der Waals surface area contributed by atoms with Crippen LogP contribution in [0.25, 0.3) is 21.9 Å². The number of carbonyl (C=O) groups is 1. The Morgan fingerprint density at radius 2 is 1.79 bits per heavy atom. The molecule has 28 heavy (non-hydrogen) atoms. The van der Waals surface area contributed by atoms with Crippen LogP contribution < -0.4 is 10.2 Å². The maximum absolute atomic E-state index is 12.6. The van der Waals surface area contributed by atoms with Crippen molar-refractivity contribution in [3.63, 3.8) is 0 Å². The molecule has 0 unspecified atom stereocenters. The van der Waals surface area contributed by atoms with Crippen LogP contribution in [0.1, 0.15) is 15.9 Å². The molecule has 0 spiro atoms. The molecule has 6 nitrogen and oxygen atoms in total. The average molecular weight is 376 g/mol. The molecule has 140 valence electrons. The number of hydrogen-bond acceptors (Lipinski definition) is 6. The van der Waals surface area contributed by atoms with Gasteiger partial charge in [-0.15, -0.1) is 0 Å². The topological polar surface area (TPSA) is 86.0 Å². The Balaban J connectivity index is 1.63. The predicted octanol–water partition coefficient (Wildman–Crippen LogP) is 4.02. The molecule has 4 rings (SSSR count). The quantitative estimate of drug-likeness (QED) is 0.428. The summed E-state index contributed by atoms with van der Waals surface area (Å²) in [6, 6.07) is 16.6. The Morgan fingerprint density at radius 1 is 1.04 bits per heavy atom. The third-order valence-corrected chi connectivity index (χ3v) is 4.41. The molecule has 0 bridgehead atoms. The molecule has 0 aliphatic carbocycles. The number of rotatable bonds is 4. The van der Waals surface area contributed by atoms with Gasteiger partial charge >= 0.3 is 5.97 Å². The summed E-state index contributed by atoms with van der Waals surface area (Å²) in [5.74, 6) is -0.248. The second-order valence-corrected chi connectivity index (χ2v) is 6.22. The molecule has 0 radical (unpaired) electrons. The summed E-state index contributed by atoms with van der Waals surface area (Å²) >= 11 is 0. The van der Waals surface area contributed by atoms with Crippen molar-refractivity contribution in [3.05, 3.63) is 82.0 Å². The highest BCUT2D eigenvalue weighted by Crippen LogP contribution is 2.30. The van der Waals surface area contributed by atoms with E-state index in [-0.39, 0.29) is 28.8 Å². The molecule has 0 saturated carbocycles. The highest BCUT2D eigenvalue weighted by molar-refractivity contribution is 5.93. The fraction of sp³-hybridized carbons (Fsp3) is 0.0909. The van der Waals surface area contributed by atoms with E-state index in [1.165, 1.54) is 13.2 Å². The Hall–Kier alpha value is -3.80. The zero-order chi connectivity index (χ0) is 19.7. The maximum Gasteiger partial charge on any atom is 0.337 e. The fourth-order valence-electron chi connectivity index (χ4n) is 2.99. The van der Waals surface area contributed by atoms with Crippen molar-refractivity contribution in [1.82, 2.24) is 0 Å². The number of aromatic hydroxyl groups is 1. The van der Waals surface area contributed by atoms with Gasteiger partial charge in [-0.3, -0.25) is 4.79 Å². The minimum atomic E-state index is -0.408. The molecule has 3 aromatic carbocycles. The van der Waals surface area contributed by atoms with Gasteiger partial charge in [0.2, 0.25) is 5.43 Å². The first-order valence-electron chi connectivity index (χ1n) is 8.55. The Bertz CT molecular complexity index is 1240. The minimum Gasteiger partial charge on any atom is -0.507 e. The van der Waals surface area contributed by atoms with E-state index in [0.29, 0.717) is 22.3 Å². The Kier molecular flexibility index (Phi) is 4.45. The van der Waals surface area contributed by atoms with Crippen molar-refractivity contribution >= 4 is 27.9 Å². The summed E-state index contributed by atoms with van der Waals surface area (Å²) in [6.07, 6.45) is 0. The van der Waals surface area contributed by atoms with Crippen molar-refractivity contribution in [3.8, 4) is 11.5 Å². The normalized spacial score (nSPS) is 10.9. The third-order valence-electron chi connectivity index (χ3n) is 4.41. The van der Waals surface area contributed by atoms with Crippen molar-refractivity contribution in [2.24, 2.45) is 0 Å². The standard InChI is InChI=1S/C22H16O6/c1-26-22(25)14-8-6-13(7-9-14)12-27-15-10-17(23)20-19(11-15)28-18-5-3-2-4-16(18)21(20)24/h2-11,23H,12H2,1H3. The summed E-state index contributed by atoms with van der Waals surface area (Å²) in [7, 11) is 1.33. The molecule has 0 aliphatic heterocycles. The lowest BCUT2D eigenvalue weighted by Gasteiger charge is -2.09. The number of para-hydroxylation sites is 1. The van der Waals surface area contributed by atoms with Crippen LogP contribution in [-0.4, -0.2) is 18.2 Å². The highest BCUT2D eigenvalue weighted by atomic mass is 16.5. The smallest absolute Gasteiger partial charge is 0.337 e. The number of phenolic OH excluding ortho intramolecular Hbond substituents is 1. The number of methoxy groups -OCH3 is 1. The first-order valence-corrected chi connectivity index (χ1v) is 8.55. The first-order chi connectivity index (χ1) is 13.6. The van der Waals surface area contributed by atoms with Crippen LogP contribution in [0, 0.1) is 0 Å². The number of esters is 1. The summed E-state index contributed by atoms with van der Waals surface area (Å²) < 4.78 is 16.2. The van der Waals surface area contributed by atoms with Gasteiger partial charge in [0.1, 0.15) is 34.7 Å². The van der Waals surface area contributed by atoms with Gasteiger partial charge in [-0.25, -0.2) is 4.79 Å². The molecule has 6 heteroatoms. The van der Waals surface area contributed by atoms with E-state index in [9.17, 15) is 14.7 Å². The summed E-state index contributed by atoms with van der Waals surface area (Å²) in [5, 5.41) is 10.8. The zero-order valence-corrected chi connectivity index (χ0v) is 15.0. The lowest BCUT2D eigenvalue weighted by Crippen LogP contribution is -2.03. The number of phenols is 1. The molecule has 4 aromatic rings. The van der Waals surface area contributed by atoms with Gasteiger partial charge < -0.3 is 19.0 Å². The maximum atomic E-state index is 12.6. The monoisotopic (exact) mass is 376 g/mol. The van der Waals surface area contributed by atoms with Gasteiger partial charge in [0.25, 0.3) is 0 Å². The summed E-state index contributed by atoms with van der Waals surface area (Å²) in [4.78, 5) is 24.1. The second kappa shape index (κ2) is 7.08. The molecule has 1 aromatic heterocycles. The Morgan fingerprint density at radius 3 is 2.54 bits per heavy atom. The van der Waals surface area contributed by atoms with Crippen LogP contribution in [0.5, 0.6) is 11.5 Å². The van der Waals surface area contributed by atoms with Crippen LogP contribution in [0.4, 0.5) is 0 Å². The van der Waals surface area contributed by atoms with Crippen molar-refractivity contribution in [2.45, 2.75) is 6.61 Å². The lowest BCUT2D eigenvalue weighted by molar-refractivity contribution is 0.0600. The third kappa shape index (κ3) is 3.16. The number of hydrogen-bond donors (Lipinski definition) is 1. The van der Waals surface area contributed by atoms with Gasteiger partial charge in [-0.1, -0.05) is 24.3 Å². The number of carbonyl (C=O) groups excluding carboxylic acids is 1. The van der Waals surface area contributed by atoms with E-state index in [1.54, 1.807) is 54.6 Å². The first kappa shape index (κ1) is 17.6.